The number of carboxylic acid groups (broad SMARTS) is 1. The molecule has 2 heterocycles. The highest BCUT2D eigenvalue weighted by molar-refractivity contribution is 6.30. The lowest BCUT2D eigenvalue weighted by molar-refractivity contribution is -0.160. The Morgan fingerprint density at radius 2 is 1.69 bits per heavy atom. The number of fused-ring (bicyclic) bond motifs is 2. The zero-order valence-electron chi connectivity index (χ0n) is 21.0. The summed E-state index contributed by atoms with van der Waals surface area (Å²) in [5.74, 6) is -1.08. The Hall–Kier alpha value is -3.22. The molecule has 0 amide bonds. The third kappa shape index (κ3) is 4.75. The van der Waals surface area contributed by atoms with Crippen molar-refractivity contribution < 1.29 is 14.6 Å². The van der Waals surface area contributed by atoms with Gasteiger partial charge in [-0.25, -0.2) is 14.3 Å². The van der Waals surface area contributed by atoms with Crippen LogP contribution >= 0.6 is 11.6 Å². The smallest absolute Gasteiger partial charge is 0.337 e. The van der Waals surface area contributed by atoms with E-state index in [1.54, 1.807) is 16.6 Å². The summed E-state index contributed by atoms with van der Waals surface area (Å²) in [6, 6.07) is 15.8. The minimum absolute atomic E-state index is 0.479. The maximum Gasteiger partial charge on any atom is 0.337 e. The molecule has 1 atom stereocenters. The average Bonchev–Trinajstić information content (AvgIpc) is 3.25. The zero-order valence-corrected chi connectivity index (χ0v) is 21.8. The molecule has 0 saturated carbocycles. The Balaban J connectivity index is 1.75. The number of rotatable bonds is 5. The number of nitrogens with zero attached hydrogens (tertiary/aromatic N) is 3. The van der Waals surface area contributed by atoms with Gasteiger partial charge in [-0.3, -0.25) is 0 Å². The summed E-state index contributed by atoms with van der Waals surface area (Å²) in [4.78, 5) is 17.2. The molecule has 1 aliphatic rings. The molecule has 2 aromatic heterocycles. The molecule has 1 N–H and O–H groups in total. The predicted molar refractivity (Wildman–Crippen MR) is 141 cm³/mol. The maximum absolute atomic E-state index is 12.5. The van der Waals surface area contributed by atoms with Crippen LogP contribution in [-0.2, 0) is 22.4 Å². The van der Waals surface area contributed by atoms with Crippen molar-refractivity contribution in [3.63, 3.8) is 0 Å². The molecule has 0 spiro atoms. The van der Waals surface area contributed by atoms with Crippen LogP contribution < -0.4 is 0 Å². The Kier molecular flexibility index (Phi) is 6.35. The monoisotopic (exact) mass is 503 g/mol. The fraction of sp³-hybridized carbons (Fsp3) is 0.345. The molecule has 5 rings (SSSR count). The quantitative estimate of drug-likeness (QED) is 0.322. The summed E-state index contributed by atoms with van der Waals surface area (Å²) < 4.78 is 7.79. The van der Waals surface area contributed by atoms with Gasteiger partial charge in [0.2, 0.25) is 0 Å². The van der Waals surface area contributed by atoms with Crippen LogP contribution in [0.5, 0.6) is 0 Å². The molecule has 186 valence electrons. The molecule has 0 unspecified atom stereocenters. The second-order valence-electron chi connectivity index (χ2n) is 10.4. The van der Waals surface area contributed by atoms with E-state index in [1.165, 1.54) is 24.0 Å². The largest absolute Gasteiger partial charge is 0.479 e. The van der Waals surface area contributed by atoms with E-state index < -0.39 is 17.7 Å². The van der Waals surface area contributed by atoms with Crippen molar-refractivity contribution in [2.45, 2.75) is 65.1 Å². The minimum atomic E-state index is -1.22. The zero-order chi connectivity index (χ0) is 25.6. The van der Waals surface area contributed by atoms with Gasteiger partial charge >= 0.3 is 5.97 Å². The lowest BCUT2D eigenvalue weighted by Gasteiger charge is -2.27. The number of carbonyl (C=O) groups is 1. The minimum Gasteiger partial charge on any atom is -0.479 e. The van der Waals surface area contributed by atoms with Gasteiger partial charge in [-0.2, -0.15) is 5.10 Å². The van der Waals surface area contributed by atoms with Crippen molar-refractivity contribution in [2.24, 2.45) is 0 Å². The Morgan fingerprint density at radius 3 is 2.36 bits per heavy atom. The molecule has 36 heavy (non-hydrogen) atoms. The molecule has 0 bridgehead atoms. The number of hydrogen-bond donors (Lipinski definition) is 1. The maximum atomic E-state index is 12.5. The van der Waals surface area contributed by atoms with Crippen LogP contribution in [0.1, 0.15) is 62.1 Å². The molecule has 6 nitrogen and oxygen atoms in total. The van der Waals surface area contributed by atoms with Crippen molar-refractivity contribution in [1.82, 2.24) is 14.6 Å². The van der Waals surface area contributed by atoms with Gasteiger partial charge in [0.1, 0.15) is 0 Å². The van der Waals surface area contributed by atoms with Crippen LogP contribution in [0.2, 0.25) is 5.02 Å². The Bertz CT molecular complexity index is 1450. The van der Waals surface area contributed by atoms with Gasteiger partial charge in [-0.1, -0.05) is 35.9 Å². The molecule has 2 aromatic carbocycles. The number of aromatic nitrogens is 3. The number of aryl methyl sites for hydroxylation is 3. The van der Waals surface area contributed by atoms with E-state index in [1.807, 2.05) is 45.9 Å². The van der Waals surface area contributed by atoms with Gasteiger partial charge in [0.15, 0.2) is 11.8 Å². The first-order valence-electron chi connectivity index (χ1n) is 12.3. The van der Waals surface area contributed by atoms with Gasteiger partial charge in [0.05, 0.1) is 17.0 Å². The van der Waals surface area contributed by atoms with Crippen LogP contribution in [-0.4, -0.2) is 31.3 Å². The lowest BCUT2D eigenvalue weighted by Crippen LogP contribution is -2.29. The summed E-state index contributed by atoms with van der Waals surface area (Å²) in [5, 5.41) is 15.7. The summed E-state index contributed by atoms with van der Waals surface area (Å²) >= 11 is 6.18. The normalized spacial score (nSPS) is 14.6. The third-order valence-electron chi connectivity index (χ3n) is 6.55. The number of halogens is 1. The highest BCUT2D eigenvalue weighted by atomic mass is 35.5. The van der Waals surface area contributed by atoms with Crippen molar-refractivity contribution in [3.8, 4) is 22.5 Å². The van der Waals surface area contributed by atoms with Gasteiger partial charge in [-0.05, 0) is 82.7 Å². The molecule has 0 radical (unpaired) electrons. The van der Waals surface area contributed by atoms with Crippen molar-refractivity contribution in [3.05, 3.63) is 75.9 Å². The van der Waals surface area contributed by atoms with Gasteiger partial charge < -0.3 is 9.84 Å². The van der Waals surface area contributed by atoms with E-state index in [2.05, 4.69) is 18.2 Å². The summed E-state index contributed by atoms with van der Waals surface area (Å²) in [5.41, 5.74) is 7.07. The number of ether oxygens (including phenoxy) is 1. The molecule has 0 saturated heterocycles. The van der Waals surface area contributed by atoms with Crippen molar-refractivity contribution in [1.29, 1.82) is 0 Å². The number of hydrogen-bond acceptors (Lipinski definition) is 4. The Morgan fingerprint density at radius 1 is 1.03 bits per heavy atom. The van der Waals surface area contributed by atoms with Gasteiger partial charge in [-0.15, -0.1) is 0 Å². The molecule has 7 heteroatoms. The highest BCUT2D eigenvalue weighted by Crippen LogP contribution is 2.37. The molecule has 4 aromatic rings. The fourth-order valence-electron chi connectivity index (χ4n) is 4.95. The number of aliphatic carboxylic acids is 1. The van der Waals surface area contributed by atoms with E-state index in [-0.39, 0.29) is 0 Å². The van der Waals surface area contributed by atoms with Crippen molar-refractivity contribution in [2.75, 3.05) is 0 Å². The molecule has 1 aliphatic carbocycles. The lowest BCUT2D eigenvalue weighted by atomic mass is 9.90. The van der Waals surface area contributed by atoms with Gasteiger partial charge in [0.25, 0.3) is 0 Å². The first-order chi connectivity index (χ1) is 17.1. The predicted octanol–water partition coefficient (Wildman–Crippen LogP) is 6.84. The first-order valence-corrected chi connectivity index (χ1v) is 12.7. The molecular weight excluding hydrogens is 474 g/mol. The second kappa shape index (κ2) is 9.34. The third-order valence-corrected chi connectivity index (χ3v) is 6.80. The molecular formula is C29H30ClN3O3. The van der Waals surface area contributed by atoms with Crippen LogP contribution in [0.3, 0.4) is 0 Å². The van der Waals surface area contributed by atoms with Crippen LogP contribution in [0.25, 0.3) is 28.2 Å². The first kappa shape index (κ1) is 24.5. The summed E-state index contributed by atoms with van der Waals surface area (Å²) in [6.07, 6.45) is 3.42. The van der Waals surface area contributed by atoms with Crippen LogP contribution in [0.4, 0.5) is 0 Å². The van der Waals surface area contributed by atoms with Crippen LogP contribution in [0.15, 0.2) is 48.5 Å². The van der Waals surface area contributed by atoms with Gasteiger partial charge in [0, 0.05) is 33.5 Å². The summed E-state index contributed by atoms with van der Waals surface area (Å²) in [6.45, 7) is 7.35. The number of carboxylic acids is 1. The highest BCUT2D eigenvalue weighted by Gasteiger charge is 2.33. The standard InChI is InChI=1S/C29H30ClN3O3/c1-17-25(27(28(34)35)36-29(2,3)4)26(19-11-13-22(30)14-12-19)33-24(31-17)16-23(32-33)21-10-9-18-7-5-6-8-20(18)15-21/h9-16,27H,5-8H2,1-4H3,(H,34,35)/t27-/m0/s1. The van der Waals surface area contributed by atoms with E-state index in [9.17, 15) is 9.90 Å². The van der Waals surface area contributed by atoms with E-state index >= 15 is 0 Å². The molecule has 0 aliphatic heterocycles. The van der Waals surface area contributed by atoms with Crippen LogP contribution in [0, 0.1) is 6.92 Å². The van der Waals surface area contributed by atoms with E-state index in [0.717, 1.165) is 29.7 Å². The average molecular weight is 504 g/mol. The molecule has 0 fully saturated rings. The second-order valence-corrected chi connectivity index (χ2v) is 10.8. The SMILES string of the molecule is Cc1nc2cc(-c3ccc4c(c3)CCCC4)nn2c(-c2ccc(Cl)cc2)c1[C@H](OC(C)(C)C)C(=O)O. The fourth-order valence-corrected chi connectivity index (χ4v) is 5.08. The topological polar surface area (TPSA) is 76.7 Å². The Labute approximate surface area is 215 Å². The number of benzene rings is 2. The van der Waals surface area contributed by atoms with E-state index in [4.69, 9.17) is 26.4 Å². The van der Waals surface area contributed by atoms with Crippen molar-refractivity contribution >= 4 is 23.2 Å². The summed E-state index contributed by atoms with van der Waals surface area (Å²) in [7, 11) is 0. The van der Waals surface area contributed by atoms with E-state index in [0.29, 0.717) is 27.6 Å².